The highest BCUT2D eigenvalue weighted by Crippen LogP contribution is 1.81. The largest absolute Gasteiger partial charge is 0.481 e. The number of carboxylic acids is 1. The number of aliphatic carboxylic acids is 1. The number of azide groups is 1. The molecule has 2 N–H and O–H groups in total. The first-order valence-electron chi connectivity index (χ1n) is 3.30. The van der Waals surface area contributed by atoms with Crippen LogP contribution in [-0.4, -0.2) is 30.4 Å². The van der Waals surface area contributed by atoms with E-state index in [1.165, 1.54) is 0 Å². The normalized spacial score (nSPS) is 8.31. The summed E-state index contributed by atoms with van der Waals surface area (Å²) in [7, 11) is 0. The number of carbonyl (C=O) groups is 2. The quantitative estimate of drug-likeness (QED) is 0.369. The third kappa shape index (κ3) is 7.95. The zero-order chi connectivity index (χ0) is 10.1. The molecule has 0 rings (SSSR count). The summed E-state index contributed by atoms with van der Waals surface area (Å²) in [6.45, 7) is -0.431. The second-order valence-corrected chi connectivity index (χ2v) is 1.86. The molecule has 1 amide bonds. The first-order chi connectivity index (χ1) is 6.16. The van der Waals surface area contributed by atoms with Crippen LogP contribution < -0.4 is 5.32 Å². The van der Waals surface area contributed by atoms with Crippen molar-refractivity contribution >= 4 is 12.1 Å². The fourth-order valence-corrected chi connectivity index (χ4v) is 0.436. The summed E-state index contributed by atoms with van der Waals surface area (Å²) in [5.74, 6) is -1.02. The van der Waals surface area contributed by atoms with Gasteiger partial charge in [-0.1, -0.05) is 5.11 Å². The van der Waals surface area contributed by atoms with E-state index in [-0.39, 0.29) is 13.0 Å². The maximum absolute atomic E-state index is 10.6. The molecule has 13 heavy (non-hydrogen) atoms. The third-order valence-electron chi connectivity index (χ3n) is 0.925. The fourth-order valence-electron chi connectivity index (χ4n) is 0.436. The topological polar surface area (TPSA) is 124 Å². The van der Waals surface area contributed by atoms with Crippen LogP contribution in [0.15, 0.2) is 5.11 Å². The van der Waals surface area contributed by atoms with Crippen molar-refractivity contribution in [2.24, 2.45) is 5.11 Å². The number of alkyl carbamates (subject to hydrolysis) is 1. The van der Waals surface area contributed by atoms with Gasteiger partial charge >= 0.3 is 12.1 Å². The van der Waals surface area contributed by atoms with Gasteiger partial charge in [-0.15, -0.1) is 0 Å². The van der Waals surface area contributed by atoms with Gasteiger partial charge in [-0.3, -0.25) is 4.79 Å². The molecule has 0 saturated carbocycles. The Morgan fingerprint density at radius 2 is 2.31 bits per heavy atom. The van der Waals surface area contributed by atoms with Crippen LogP contribution >= 0.6 is 0 Å². The number of amides is 1. The first kappa shape index (κ1) is 11.1. The lowest BCUT2D eigenvalue weighted by Crippen LogP contribution is -2.26. The number of hydrogen-bond acceptors (Lipinski definition) is 4. The number of nitrogens with zero attached hydrogens (tertiary/aromatic N) is 3. The highest BCUT2D eigenvalue weighted by Gasteiger charge is 2.01. The summed E-state index contributed by atoms with van der Waals surface area (Å²) >= 11 is 0. The molecule has 0 fully saturated rings. The van der Waals surface area contributed by atoms with E-state index in [2.05, 4.69) is 20.1 Å². The van der Waals surface area contributed by atoms with Crippen molar-refractivity contribution in [1.29, 1.82) is 0 Å². The molecule has 0 saturated heterocycles. The predicted molar refractivity (Wildman–Crippen MR) is 40.7 cm³/mol. The number of hydrogen-bond donors (Lipinski definition) is 2. The second kappa shape index (κ2) is 6.74. The Kier molecular flexibility index (Phi) is 5.73. The molecule has 0 spiro atoms. The molecule has 0 aromatic heterocycles. The van der Waals surface area contributed by atoms with E-state index >= 15 is 0 Å². The van der Waals surface area contributed by atoms with Crippen LogP contribution in [0, 0.1) is 0 Å². The lowest BCUT2D eigenvalue weighted by Gasteiger charge is -2.01. The highest BCUT2D eigenvalue weighted by atomic mass is 16.6. The lowest BCUT2D eigenvalue weighted by molar-refractivity contribution is -0.136. The van der Waals surface area contributed by atoms with Gasteiger partial charge in [0.15, 0.2) is 6.73 Å². The summed E-state index contributed by atoms with van der Waals surface area (Å²) in [5, 5.41) is 13.3. The third-order valence-corrected chi connectivity index (χ3v) is 0.925. The SMILES string of the molecule is [N-]=[N+]=NCOC(=O)NCCC(=O)O. The van der Waals surface area contributed by atoms with Crippen molar-refractivity contribution in [3.63, 3.8) is 0 Å². The van der Waals surface area contributed by atoms with Crippen LogP contribution in [0.1, 0.15) is 6.42 Å². The van der Waals surface area contributed by atoms with Gasteiger partial charge in [-0.25, -0.2) is 4.79 Å². The average molecular weight is 188 g/mol. The molecule has 8 nitrogen and oxygen atoms in total. The molecule has 0 unspecified atom stereocenters. The van der Waals surface area contributed by atoms with E-state index in [1.54, 1.807) is 0 Å². The molecule has 0 atom stereocenters. The zero-order valence-corrected chi connectivity index (χ0v) is 6.63. The van der Waals surface area contributed by atoms with Gasteiger partial charge in [0, 0.05) is 11.5 Å². The Labute approximate surface area is 73.1 Å². The molecule has 0 bridgehead atoms. The van der Waals surface area contributed by atoms with Gasteiger partial charge in [0.2, 0.25) is 0 Å². The van der Waals surface area contributed by atoms with E-state index in [0.717, 1.165) is 0 Å². The van der Waals surface area contributed by atoms with Crippen molar-refractivity contribution in [1.82, 2.24) is 5.32 Å². The lowest BCUT2D eigenvalue weighted by atomic mass is 10.4. The molecule has 0 aliphatic heterocycles. The summed E-state index contributed by atoms with van der Waals surface area (Å²) in [5.41, 5.74) is 7.80. The van der Waals surface area contributed by atoms with E-state index in [1.807, 2.05) is 0 Å². The monoisotopic (exact) mass is 188 g/mol. The van der Waals surface area contributed by atoms with E-state index in [4.69, 9.17) is 10.6 Å². The van der Waals surface area contributed by atoms with Crippen molar-refractivity contribution in [3.8, 4) is 0 Å². The Bertz CT molecular complexity index is 235. The fraction of sp³-hybridized carbons (Fsp3) is 0.600. The standard InChI is InChI=1S/C5H8N4O4/c6-9-8-3-13-5(12)7-2-1-4(10)11/h1-3H2,(H,7,12)(H,10,11). The van der Waals surface area contributed by atoms with Crippen molar-refractivity contribution in [2.45, 2.75) is 6.42 Å². The van der Waals surface area contributed by atoms with E-state index in [0.29, 0.717) is 0 Å². The Hall–Kier alpha value is -1.95. The van der Waals surface area contributed by atoms with Crippen LogP contribution in [0.2, 0.25) is 0 Å². The van der Waals surface area contributed by atoms with E-state index < -0.39 is 18.8 Å². The molecule has 0 aliphatic rings. The summed E-state index contributed by atoms with van der Waals surface area (Å²) in [6, 6.07) is 0. The molecule has 0 radical (unpaired) electrons. The molecule has 72 valence electrons. The molecule has 0 heterocycles. The summed E-state index contributed by atoms with van der Waals surface area (Å²) < 4.78 is 4.30. The van der Waals surface area contributed by atoms with Crippen LogP contribution in [0.5, 0.6) is 0 Å². The number of rotatable bonds is 5. The minimum atomic E-state index is -1.02. The van der Waals surface area contributed by atoms with Crippen molar-refractivity contribution in [3.05, 3.63) is 10.4 Å². The highest BCUT2D eigenvalue weighted by molar-refractivity contribution is 5.70. The van der Waals surface area contributed by atoms with Gasteiger partial charge in [0.25, 0.3) is 0 Å². The Morgan fingerprint density at radius 1 is 1.62 bits per heavy atom. The molecular weight excluding hydrogens is 180 g/mol. The summed E-state index contributed by atoms with van der Waals surface area (Å²) in [6.07, 6.45) is -0.995. The number of ether oxygens (including phenoxy) is 1. The number of carboxylic acid groups (broad SMARTS) is 1. The molecule has 0 aliphatic carbocycles. The van der Waals surface area contributed by atoms with Gasteiger partial charge in [-0.05, 0) is 5.53 Å². The van der Waals surface area contributed by atoms with Gasteiger partial charge in [0.05, 0.1) is 6.42 Å². The smallest absolute Gasteiger partial charge is 0.407 e. The molecular formula is C5H8N4O4. The van der Waals surface area contributed by atoms with Gasteiger partial charge in [-0.2, -0.15) is 0 Å². The van der Waals surface area contributed by atoms with Crippen LogP contribution in [0.25, 0.3) is 10.4 Å². The van der Waals surface area contributed by atoms with Gasteiger partial charge in [0.1, 0.15) is 0 Å². The zero-order valence-electron chi connectivity index (χ0n) is 6.63. The van der Waals surface area contributed by atoms with Crippen LogP contribution in [-0.2, 0) is 9.53 Å². The van der Waals surface area contributed by atoms with Crippen molar-refractivity contribution in [2.75, 3.05) is 13.3 Å². The van der Waals surface area contributed by atoms with Crippen molar-refractivity contribution < 1.29 is 19.4 Å². The first-order valence-corrected chi connectivity index (χ1v) is 3.30. The number of carbonyl (C=O) groups excluding carboxylic acids is 1. The number of nitrogens with one attached hydrogen (secondary N) is 1. The Morgan fingerprint density at radius 3 is 2.85 bits per heavy atom. The molecule has 0 aromatic carbocycles. The average Bonchev–Trinajstić information content (AvgIpc) is 2.04. The van der Waals surface area contributed by atoms with Crippen LogP contribution in [0.3, 0.4) is 0 Å². The second-order valence-electron chi connectivity index (χ2n) is 1.86. The van der Waals surface area contributed by atoms with Crippen LogP contribution in [0.4, 0.5) is 4.79 Å². The summed E-state index contributed by atoms with van der Waals surface area (Å²) in [4.78, 5) is 22.9. The Balaban J connectivity index is 3.40. The minimum absolute atomic E-state index is 0.0234. The maximum Gasteiger partial charge on any atom is 0.407 e. The van der Waals surface area contributed by atoms with E-state index in [9.17, 15) is 9.59 Å². The molecule has 8 heteroatoms. The maximum atomic E-state index is 10.6. The molecule has 0 aromatic rings. The minimum Gasteiger partial charge on any atom is -0.481 e. The predicted octanol–water partition coefficient (Wildman–Crippen LogP) is 0.455. The van der Waals surface area contributed by atoms with Gasteiger partial charge < -0.3 is 15.2 Å².